The van der Waals surface area contributed by atoms with E-state index in [2.05, 4.69) is 4.18 Å². The highest BCUT2D eigenvalue weighted by atomic mass is 32.2. The van der Waals surface area contributed by atoms with Crippen LogP contribution in [-0.2, 0) is 20.5 Å². The Morgan fingerprint density at radius 3 is 2.00 bits per heavy atom. The Labute approximate surface area is 97.3 Å². The Bertz CT molecular complexity index is 477. The molecule has 0 spiro atoms. The molecule has 0 saturated carbocycles. The van der Waals surface area contributed by atoms with E-state index in [-0.39, 0.29) is 0 Å². The second-order valence-corrected chi connectivity index (χ2v) is 5.16. The zero-order valence-corrected chi connectivity index (χ0v) is 9.97. The van der Waals surface area contributed by atoms with E-state index in [1.54, 1.807) is 0 Å². The van der Waals surface area contributed by atoms with Crippen LogP contribution in [0.2, 0.25) is 0 Å². The van der Waals surface area contributed by atoms with E-state index < -0.39 is 28.0 Å². The lowest BCUT2D eigenvalue weighted by Crippen LogP contribution is -2.09. The molecule has 0 fully saturated rings. The van der Waals surface area contributed by atoms with Crippen LogP contribution < -0.4 is 0 Å². The number of hydrogen-bond donors (Lipinski definition) is 0. The van der Waals surface area contributed by atoms with Crippen molar-refractivity contribution in [3.8, 4) is 0 Å². The van der Waals surface area contributed by atoms with Crippen LogP contribution in [-0.4, -0.2) is 14.7 Å². The molecule has 0 amide bonds. The summed E-state index contributed by atoms with van der Waals surface area (Å²) < 4.78 is 63.1. The normalized spacial score (nSPS) is 14.6. The van der Waals surface area contributed by atoms with Gasteiger partial charge in [0.15, 0.2) is 0 Å². The maximum atomic E-state index is 12.3. The van der Waals surface area contributed by atoms with Crippen molar-refractivity contribution in [3.63, 3.8) is 0 Å². The number of alkyl halides is 3. The van der Waals surface area contributed by atoms with Gasteiger partial charge in [0, 0.05) is 0 Å². The van der Waals surface area contributed by atoms with Crippen LogP contribution in [0.1, 0.15) is 24.2 Å². The first-order valence-corrected chi connectivity index (χ1v) is 6.46. The summed E-state index contributed by atoms with van der Waals surface area (Å²) in [7, 11) is -3.63. The number of benzene rings is 1. The first-order chi connectivity index (χ1) is 7.59. The third-order valence-electron chi connectivity index (χ3n) is 2.03. The van der Waals surface area contributed by atoms with E-state index in [0.717, 1.165) is 18.4 Å². The van der Waals surface area contributed by atoms with Gasteiger partial charge in [0.05, 0.1) is 17.9 Å². The van der Waals surface area contributed by atoms with Crippen molar-refractivity contribution in [1.29, 1.82) is 0 Å². The fourth-order valence-corrected chi connectivity index (χ4v) is 1.90. The molecule has 0 bridgehead atoms. The number of halogens is 3. The van der Waals surface area contributed by atoms with Gasteiger partial charge < -0.3 is 0 Å². The fraction of sp³-hybridized carbons (Fsp3) is 0.400. The van der Waals surface area contributed by atoms with Crippen molar-refractivity contribution in [2.75, 3.05) is 6.26 Å². The number of hydrogen-bond acceptors (Lipinski definition) is 3. The molecular formula is C10H11F3O3S. The molecule has 1 aromatic carbocycles. The van der Waals surface area contributed by atoms with Gasteiger partial charge >= 0.3 is 6.18 Å². The molecule has 1 atom stereocenters. The van der Waals surface area contributed by atoms with Crippen LogP contribution in [0.3, 0.4) is 0 Å². The van der Waals surface area contributed by atoms with Gasteiger partial charge in [-0.3, -0.25) is 4.18 Å². The molecule has 96 valence electrons. The smallest absolute Gasteiger partial charge is 0.262 e. The maximum Gasteiger partial charge on any atom is 0.416 e. The standard InChI is InChI=1S/C10H11F3O3S/c1-7(16-17(2,14)15)8-3-5-9(6-4-8)10(11,12)13/h3-7H,1-2H3. The van der Waals surface area contributed by atoms with Crippen LogP contribution in [0.5, 0.6) is 0 Å². The molecular weight excluding hydrogens is 257 g/mol. The third kappa shape index (κ3) is 4.35. The molecule has 0 aromatic heterocycles. The second kappa shape index (κ2) is 4.66. The average Bonchev–Trinajstić information content (AvgIpc) is 2.14. The Balaban J connectivity index is 2.88. The molecule has 1 aromatic rings. The van der Waals surface area contributed by atoms with E-state index in [1.807, 2.05) is 0 Å². The molecule has 0 heterocycles. The Kier molecular flexibility index (Phi) is 3.83. The first kappa shape index (κ1) is 14.0. The monoisotopic (exact) mass is 268 g/mol. The van der Waals surface area contributed by atoms with Gasteiger partial charge in [-0.05, 0) is 24.6 Å². The summed E-state index contributed by atoms with van der Waals surface area (Å²) in [6.45, 7) is 1.45. The fourth-order valence-electron chi connectivity index (χ4n) is 1.26. The van der Waals surface area contributed by atoms with E-state index in [9.17, 15) is 21.6 Å². The van der Waals surface area contributed by atoms with Crippen molar-refractivity contribution in [2.24, 2.45) is 0 Å². The zero-order chi connectivity index (χ0) is 13.3. The molecule has 0 aliphatic rings. The lowest BCUT2D eigenvalue weighted by atomic mass is 10.1. The van der Waals surface area contributed by atoms with Gasteiger partial charge in [0.2, 0.25) is 0 Å². The van der Waals surface area contributed by atoms with E-state index >= 15 is 0 Å². The Morgan fingerprint density at radius 2 is 1.65 bits per heavy atom. The molecule has 1 unspecified atom stereocenters. The molecule has 0 N–H and O–H groups in total. The summed E-state index contributed by atoms with van der Waals surface area (Å²) >= 11 is 0. The molecule has 7 heteroatoms. The van der Waals surface area contributed by atoms with Crippen molar-refractivity contribution in [1.82, 2.24) is 0 Å². The SMILES string of the molecule is CC(OS(C)(=O)=O)c1ccc(C(F)(F)F)cc1. The minimum absolute atomic E-state index is 0.364. The largest absolute Gasteiger partial charge is 0.416 e. The van der Waals surface area contributed by atoms with Crippen molar-refractivity contribution in [3.05, 3.63) is 35.4 Å². The van der Waals surface area contributed by atoms with Crippen molar-refractivity contribution in [2.45, 2.75) is 19.2 Å². The number of rotatable bonds is 3. The molecule has 0 radical (unpaired) electrons. The van der Waals surface area contributed by atoms with Gasteiger partial charge in [-0.2, -0.15) is 21.6 Å². The summed E-state index contributed by atoms with van der Waals surface area (Å²) in [5.41, 5.74) is -0.420. The molecule has 0 aliphatic carbocycles. The quantitative estimate of drug-likeness (QED) is 0.792. The van der Waals surface area contributed by atoms with Crippen LogP contribution >= 0.6 is 0 Å². The van der Waals surface area contributed by atoms with Crippen LogP contribution in [0.25, 0.3) is 0 Å². The highest BCUT2D eigenvalue weighted by Gasteiger charge is 2.30. The second-order valence-electron chi connectivity index (χ2n) is 3.56. The van der Waals surface area contributed by atoms with Crippen LogP contribution in [0.4, 0.5) is 13.2 Å². The molecule has 0 aliphatic heterocycles. The van der Waals surface area contributed by atoms with Crippen LogP contribution in [0.15, 0.2) is 24.3 Å². The topological polar surface area (TPSA) is 43.4 Å². The zero-order valence-electron chi connectivity index (χ0n) is 9.15. The molecule has 17 heavy (non-hydrogen) atoms. The lowest BCUT2D eigenvalue weighted by molar-refractivity contribution is -0.137. The minimum Gasteiger partial charge on any atom is -0.262 e. The van der Waals surface area contributed by atoms with Crippen LogP contribution in [0, 0.1) is 0 Å². The summed E-state index contributed by atoms with van der Waals surface area (Å²) in [5, 5.41) is 0. The summed E-state index contributed by atoms with van der Waals surface area (Å²) in [4.78, 5) is 0. The average molecular weight is 268 g/mol. The van der Waals surface area contributed by atoms with E-state index in [0.29, 0.717) is 5.56 Å². The molecule has 3 nitrogen and oxygen atoms in total. The maximum absolute atomic E-state index is 12.3. The summed E-state index contributed by atoms with van der Waals surface area (Å²) in [6, 6.07) is 4.16. The molecule has 1 rings (SSSR count). The van der Waals surface area contributed by atoms with E-state index in [4.69, 9.17) is 0 Å². The Hall–Kier alpha value is -1.08. The molecule has 0 saturated heterocycles. The van der Waals surface area contributed by atoms with Crippen molar-refractivity contribution < 1.29 is 25.8 Å². The lowest BCUT2D eigenvalue weighted by Gasteiger charge is -2.12. The minimum atomic E-state index is -4.40. The van der Waals surface area contributed by atoms with Gasteiger partial charge in [0.1, 0.15) is 0 Å². The van der Waals surface area contributed by atoms with Gasteiger partial charge in [0.25, 0.3) is 10.1 Å². The van der Waals surface area contributed by atoms with Gasteiger partial charge in [-0.25, -0.2) is 0 Å². The predicted octanol–water partition coefficient (Wildman–Crippen LogP) is 2.74. The highest BCUT2D eigenvalue weighted by molar-refractivity contribution is 7.86. The van der Waals surface area contributed by atoms with Gasteiger partial charge in [-0.1, -0.05) is 12.1 Å². The van der Waals surface area contributed by atoms with E-state index in [1.165, 1.54) is 19.1 Å². The summed E-state index contributed by atoms with van der Waals surface area (Å²) in [6.07, 6.45) is -4.33. The first-order valence-electron chi connectivity index (χ1n) is 4.65. The van der Waals surface area contributed by atoms with Crippen molar-refractivity contribution >= 4 is 10.1 Å². The predicted molar refractivity (Wildman–Crippen MR) is 55.8 cm³/mol. The van der Waals surface area contributed by atoms with Gasteiger partial charge in [-0.15, -0.1) is 0 Å². The Morgan fingerprint density at radius 1 is 1.18 bits per heavy atom. The summed E-state index contributed by atoms with van der Waals surface area (Å²) in [5.74, 6) is 0. The highest BCUT2D eigenvalue weighted by Crippen LogP contribution is 2.30. The third-order valence-corrected chi connectivity index (χ3v) is 2.66.